The molecule has 0 atom stereocenters. The minimum Gasteiger partial charge on any atom is -0.465 e. The minimum absolute atomic E-state index is 0.330. The van der Waals surface area contributed by atoms with E-state index in [1.165, 1.54) is 7.11 Å². The van der Waals surface area contributed by atoms with E-state index in [0.29, 0.717) is 34.7 Å². The molecule has 0 fully saturated rings. The first kappa shape index (κ1) is 15.1. The molecule has 0 aliphatic rings. The number of ether oxygens (including phenoxy) is 2. The fraction of sp³-hybridized carbons (Fsp3) is 0.500. The van der Waals surface area contributed by atoms with Gasteiger partial charge in [0.05, 0.1) is 36.2 Å². The number of rotatable bonds is 4. The van der Waals surface area contributed by atoms with E-state index in [9.17, 15) is 9.59 Å². The fourth-order valence-electron chi connectivity index (χ4n) is 2.00. The van der Waals surface area contributed by atoms with Crippen molar-refractivity contribution in [3.05, 3.63) is 28.1 Å². The van der Waals surface area contributed by atoms with Gasteiger partial charge in [-0.25, -0.2) is 9.59 Å². The molecule has 1 rings (SSSR count). The van der Waals surface area contributed by atoms with Gasteiger partial charge in [-0.05, 0) is 32.8 Å². The van der Waals surface area contributed by atoms with Gasteiger partial charge in [-0.15, -0.1) is 0 Å². The Morgan fingerprint density at radius 2 is 1.58 bits per heavy atom. The summed E-state index contributed by atoms with van der Waals surface area (Å²) in [6.07, 6.45) is 0.743. The van der Waals surface area contributed by atoms with Crippen LogP contribution in [0.5, 0.6) is 0 Å². The molecule has 19 heavy (non-hydrogen) atoms. The maximum Gasteiger partial charge on any atom is 0.340 e. The van der Waals surface area contributed by atoms with Crippen molar-refractivity contribution in [3.63, 3.8) is 0 Å². The Hall–Kier alpha value is -1.91. The van der Waals surface area contributed by atoms with Crippen molar-refractivity contribution in [2.75, 3.05) is 13.7 Å². The fourth-order valence-corrected chi connectivity index (χ4v) is 2.00. The van der Waals surface area contributed by atoms with Gasteiger partial charge < -0.3 is 9.47 Å². The number of hydrogen-bond donors (Lipinski definition) is 0. The van der Waals surface area contributed by atoms with Gasteiger partial charge in [0.15, 0.2) is 0 Å². The van der Waals surface area contributed by atoms with Crippen molar-refractivity contribution in [2.24, 2.45) is 0 Å². The van der Waals surface area contributed by atoms with Gasteiger partial charge in [-0.2, -0.15) is 0 Å². The Kier molecular flexibility index (Phi) is 5.03. The van der Waals surface area contributed by atoms with Crippen molar-refractivity contribution in [1.82, 2.24) is 4.98 Å². The molecule has 1 aromatic rings. The summed E-state index contributed by atoms with van der Waals surface area (Å²) in [5, 5.41) is 0. The highest BCUT2D eigenvalue weighted by atomic mass is 16.5. The number of aryl methyl sites for hydroxylation is 2. The molecule has 0 radical (unpaired) electrons. The Balaban J connectivity index is 3.32. The summed E-state index contributed by atoms with van der Waals surface area (Å²) in [7, 11) is 1.30. The molecule has 104 valence electrons. The molecule has 0 aliphatic carbocycles. The van der Waals surface area contributed by atoms with E-state index < -0.39 is 11.9 Å². The van der Waals surface area contributed by atoms with Gasteiger partial charge in [-0.1, -0.05) is 6.92 Å². The number of aromatic nitrogens is 1. The third-order valence-corrected chi connectivity index (χ3v) is 2.84. The van der Waals surface area contributed by atoms with Crippen LogP contribution < -0.4 is 0 Å². The van der Waals surface area contributed by atoms with Crippen LogP contribution in [-0.2, 0) is 9.47 Å². The summed E-state index contributed by atoms with van der Waals surface area (Å²) >= 11 is 0. The quantitative estimate of drug-likeness (QED) is 0.782. The first-order chi connectivity index (χ1) is 8.93. The second-order valence-corrected chi connectivity index (χ2v) is 4.29. The van der Waals surface area contributed by atoms with Crippen LogP contribution >= 0.6 is 0 Å². The first-order valence-corrected chi connectivity index (χ1v) is 6.17. The van der Waals surface area contributed by atoms with Crippen LogP contribution in [0.2, 0.25) is 0 Å². The zero-order valence-corrected chi connectivity index (χ0v) is 12.0. The van der Waals surface area contributed by atoms with Gasteiger partial charge in [-0.3, -0.25) is 4.98 Å². The maximum atomic E-state index is 12.0. The lowest BCUT2D eigenvalue weighted by Crippen LogP contribution is -2.17. The Morgan fingerprint density at radius 1 is 1.05 bits per heavy atom. The number of carbonyl (C=O) groups is 2. The van der Waals surface area contributed by atoms with E-state index in [4.69, 9.17) is 9.47 Å². The molecule has 0 aromatic carbocycles. The van der Waals surface area contributed by atoms with Crippen LogP contribution in [0.25, 0.3) is 0 Å². The molecule has 0 saturated carbocycles. The molecule has 0 saturated heterocycles. The standard InChI is InChI=1S/C14H19NO4/c1-6-7-19-14(17)12-8(2)11(13(16)18-5)9(3)15-10(12)4/h6-7H2,1-5H3. The highest BCUT2D eigenvalue weighted by molar-refractivity contribution is 5.99. The number of esters is 2. The predicted molar refractivity (Wildman–Crippen MR) is 70.4 cm³/mol. The molecule has 0 amide bonds. The SMILES string of the molecule is CCCOC(=O)c1c(C)nc(C)c(C(=O)OC)c1C. The second kappa shape index (κ2) is 6.31. The molecule has 5 heteroatoms. The molecule has 1 aromatic heterocycles. The van der Waals surface area contributed by atoms with Gasteiger partial charge in [0, 0.05) is 0 Å². The largest absolute Gasteiger partial charge is 0.465 e. The number of nitrogens with zero attached hydrogens (tertiary/aromatic N) is 1. The van der Waals surface area contributed by atoms with Crippen LogP contribution in [0.3, 0.4) is 0 Å². The molecule has 5 nitrogen and oxygen atoms in total. The average Bonchev–Trinajstić information content (AvgIpc) is 2.35. The first-order valence-electron chi connectivity index (χ1n) is 6.17. The van der Waals surface area contributed by atoms with Crippen LogP contribution in [-0.4, -0.2) is 30.6 Å². The summed E-state index contributed by atoms with van der Waals surface area (Å²) in [4.78, 5) is 28.0. The molecule has 0 spiro atoms. The Morgan fingerprint density at radius 3 is 2.05 bits per heavy atom. The van der Waals surface area contributed by atoms with Crippen molar-refractivity contribution < 1.29 is 19.1 Å². The smallest absolute Gasteiger partial charge is 0.340 e. The number of pyridine rings is 1. The van der Waals surface area contributed by atoms with E-state index in [1.54, 1.807) is 20.8 Å². The molecular formula is C14H19NO4. The Bertz CT molecular complexity index is 509. The highest BCUT2D eigenvalue weighted by Crippen LogP contribution is 2.21. The zero-order valence-electron chi connectivity index (χ0n) is 12.0. The molecule has 0 aliphatic heterocycles. The van der Waals surface area contributed by atoms with Gasteiger partial charge in [0.25, 0.3) is 0 Å². The summed E-state index contributed by atoms with van der Waals surface area (Å²) < 4.78 is 9.84. The number of methoxy groups -OCH3 is 1. The van der Waals surface area contributed by atoms with Gasteiger partial charge in [0.1, 0.15) is 0 Å². The minimum atomic E-state index is -0.493. The van der Waals surface area contributed by atoms with Crippen molar-refractivity contribution in [1.29, 1.82) is 0 Å². The summed E-state index contributed by atoms with van der Waals surface area (Å²) in [5.74, 6) is -0.943. The molecule has 0 unspecified atom stereocenters. The number of hydrogen-bond acceptors (Lipinski definition) is 5. The predicted octanol–water partition coefficient (Wildman–Crippen LogP) is 2.36. The summed E-state index contributed by atoms with van der Waals surface area (Å²) in [6.45, 7) is 7.41. The van der Waals surface area contributed by atoms with Crippen molar-refractivity contribution >= 4 is 11.9 Å². The van der Waals surface area contributed by atoms with E-state index >= 15 is 0 Å². The number of carbonyl (C=O) groups excluding carboxylic acids is 2. The van der Waals surface area contributed by atoms with E-state index in [-0.39, 0.29) is 0 Å². The molecular weight excluding hydrogens is 246 g/mol. The van der Waals surface area contributed by atoms with E-state index in [1.807, 2.05) is 6.92 Å². The lowest BCUT2D eigenvalue weighted by atomic mass is 10.00. The van der Waals surface area contributed by atoms with Crippen molar-refractivity contribution in [3.8, 4) is 0 Å². The third-order valence-electron chi connectivity index (χ3n) is 2.84. The van der Waals surface area contributed by atoms with Crippen molar-refractivity contribution in [2.45, 2.75) is 34.1 Å². The van der Waals surface area contributed by atoms with E-state index in [2.05, 4.69) is 4.98 Å². The lowest BCUT2D eigenvalue weighted by molar-refractivity contribution is 0.0502. The van der Waals surface area contributed by atoms with Crippen LogP contribution in [0.4, 0.5) is 0 Å². The molecule has 1 heterocycles. The normalized spacial score (nSPS) is 10.2. The summed E-state index contributed by atoms with van der Waals surface area (Å²) in [5.41, 5.74) is 2.34. The maximum absolute atomic E-state index is 12.0. The topological polar surface area (TPSA) is 65.5 Å². The second-order valence-electron chi connectivity index (χ2n) is 4.29. The average molecular weight is 265 g/mol. The van der Waals surface area contributed by atoms with Crippen LogP contribution in [0.1, 0.15) is 51.0 Å². The summed E-state index contributed by atoms with van der Waals surface area (Å²) in [6, 6.07) is 0. The molecule has 0 N–H and O–H groups in total. The monoisotopic (exact) mass is 265 g/mol. The van der Waals surface area contributed by atoms with Crippen LogP contribution in [0.15, 0.2) is 0 Å². The van der Waals surface area contributed by atoms with Gasteiger partial charge in [0.2, 0.25) is 0 Å². The lowest BCUT2D eigenvalue weighted by Gasteiger charge is -2.14. The van der Waals surface area contributed by atoms with Crippen LogP contribution in [0, 0.1) is 20.8 Å². The third kappa shape index (κ3) is 3.10. The van der Waals surface area contributed by atoms with E-state index in [0.717, 1.165) is 6.42 Å². The molecule has 0 bridgehead atoms. The highest BCUT2D eigenvalue weighted by Gasteiger charge is 2.23. The zero-order chi connectivity index (χ0) is 14.6. The van der Waals surface area contributed by atoms with Gasteiger partial charge >= 0.3 is 11.9 Å². The Labute approximate surface area is 112 Å².